The van der Waals surface area contributed by atoms with Crippen molar-refractivity contribution in [2.75, 3.05) is 26.7 Å². The second kappa shape index (κ2) is 9.17. The number of guanidine groups is 1. The predicted molar refractivity (Wildman–Crippen MR) is 101 cm³/mol. The van der Waals surface area contributed by atoms with E-state index >= 15 is 0 Å². The van der Waals surface area contributed by atoms with Crippen molar-refractivity contribution in [2.45, 2.75) is 40.2 Å². The van der Waals surface area contributed by atoms with Crippen LogP contribution < -0.4 is 10.1 Å². The Labute approximate surface area is 150 Å². The summed E-state index contributed by atoms with van der Waals surface area (Å²) in [5.74, 6) is 1.91. The van der Waals surface area contributed by atoms with Gasteiger partial charge in [0, 0.05) is 37.0 Å². The molecule has 1 N–H and O–H groups in total. The van der Waals surface area contributed by atoms with Crippen molar-refractivity contribution in [2.24, 2.45) is 4.99 Å². The second-order valence-electron chi connectivity index (χ2n) is 5.41. The Bertz CT molecular complexity index is 513. The largest absolute Gasteiger partial charge is 0.496 e. The molecule has 124 valence electrons. The summed E-state index contributed by atoms with van der Waals surface area (Å²) in [6, 6.07) is 0. The Hall–Kier alpha value is -1.05. The van der Waals surface area contributed by atoms with E-state index in [9.17, 15) is 0 Å². The first-order valence-corrected chi connectivity index (χ1v) is 7.69. The molecule has 2 rings (SSSR count). The van der Waals surface area contributed by atoms with Crippen molar-refractivity contribution in [1.29, 1.82) is 0 Å². The van der Waals surface area contributed by atoms with Crippen LogP contribution in [0.25, 0.3) is 0 Å². The fraction of sp³-hybridized carbons (Fsp3) is 0.625. The Morgan fingerprint density at radius 2 is 2.05 bits per heavy atom. The van der Waals surface area contributed by atoms with Gasteiger partial charge < -0.3 is 15.0 Å². The lowest BCUT2D eigenvalue weighted by Crippen LogP contribution is -2.39. The molecule has 0 unspecified atom stereocenters. The van der Waals surface area contributed by atoms with Gasteiger partial charge in [0.15, 0.2) is 5.96 Å². The number of nitrogens with zero attached hydrogens (tertiary/aromatic N) is 3. The molecule has 0 radical (unpaired) electrons. The molecule has 0 bridgehead atoms. The Balaban J connectivity index is 0.00000242. The first kappa shape index (κ1) is 19.0. The summed E-state index contributed by atoms with van der Waals surface area (Å²) in [5, 5.41) is 3.37. The molecule has 0 aliphatic carbocycles. The maximum Gasteiger partial charge on any atom is 0.194 e. The molecule has 1 fully saturated rings. The van der Waals surface area contributed by atoms with Gasteiger partial charge in [-0.25, -0.2) is 4.99 Å². The highest BCUT2D eigenvalue weighted by Crippen LogP contribution is 2.24. The van der Waals surface area contributed by atoms with Crippen molar-refractivity contribution >= 4 is 29.9 Å². The summed E-state index contributed by atoms with van der Waals surface area (Å²) < 4.78 is 5.46. The number of aliphatic imine (C=N–C) groups is 1. The highest BCUT2D eigenvalue weighted by Gasteiger charge is 2.16. The molecule has 1 aliphatic rings. The van der Waals surface area contributed by atoms with Crippen LogP contribution in [0.1, 0.15) is 36.6 Å². The quantitative estimate of drug-likeness (QED) is 0.464. The van der Waals surface area contributed by atoms with E-state index in [2.05, 4.69) is 22.1 Å². The number of pyridine rings is 1. The van der Waals surface area contributed by atoms with Gasteiger partial charge in [-0.2, -0.15) is 0 Å². The first-order valence-electron chi connectivity index (χ1n) is 7.69. The average molecular weight is 418 g/mol. The Morgan fingerprint density at radius 1 is 1.36 bits per heavy atom. The van der Waals surface area contributed by atoms with Gasteiger partial charge >= 0.3 is 0 Å². The van der Waals surface area contributed by atoms with E-state index in [-0.39, 0.29) is 24.0 Å². The predicted octanol–water partition coefficient (Wildman–Crippen LogP) is 2.89. The smallest absolute Gasteiger partial charge is 0.194 e. The van der Waals surface area contributed by atoms with Crippen LogP contribution in [0.4, 0.5) is 0 Å². The normalized spacial score (nSPS) is 14.7. The van der Waals surface area contributed by atoms with Gasteiger partial charge in [0.2, 0.25) is 0 Å². The van der Waals surface area contributed by atoms with E-state index in [1.54, 1.807) is 7.11 Å². The average Bonchev–Trinajstić information content (AvgIpc) is 2.99. The summed E-state index contributed by atoms with van der Waals surface area (Å²) in [6.45, 7) is 9.82. The monoisotopic (exact) mass is 418 g/mol. The highest BCUT2D eigenvalue weighted by atomic mass is 127. The second-order valence-corrected chi connectivity index (χ2v) is 5.41. The molecule has 0 amide bonds. The van der Waals surface area contributed by atoms with E-state index in [0.717, 1.165) is 48.2 Å². The molecule has 1 aromatic heterocycles. The van der Waals surface area contributed by atoms with Crippen LogP contribution in [0.3, 0.4) is 0 Å². The van der Waals surface area contributed by atoms with Crippen LogP contribution in [0.2, 0.25) is 0 Å². The zero-order valence-corrected chi connectivity index (χ0v) is 16.3. The van der Waals surface area contributed by atoms with E-state index in [1.807, 2.05) is 20.0 Å². The zero-order chi connectivity index (χ0) is 15.2. The van der Waals surface area contributed by atoms with Crippen LogP contribution in [0.15, 0.2) is 11.2 Å². The van der Waals surface area contributed by atoms with Gasteiger partial charge in [-0.3, -0.25) is 4.98 Å². The molecule has 5 nitrogen and oxygen atoms in total. The van der Waals surface area contributed by atoms with Crippen molar-refractivity contribution in [1.82, 2.24) is 15.2 Å². The number of aryl methyl sites for hydroxylation is 1. The number of nitrogens with one attached hydrogen (secondary N) is 1. The van der Waals surface area contributed by atoms with Gasteiger partial charge in [-0.15, -0.1) is 24.0 Å². The standard InChI is InChI=1S/C16H26N4O.HI/c1-5-17-16(20-8-6-7-9-20)19-11-14-13(3)15(21-4)12(2)10-18-14;/h10H,5-9,11H2,1-4H3,(H,17,19);1H. The van der Waals surface area contributed by atoms with Gasteiger partial charge in [-0.1, -0.05) is 0 Å². The van der Waals surface area contributed by atoms with E-state index in [1.165, 1.54) is 12.8 Å². The molecule has 22 heavy (non-hydrogen) atoms. The molecule has 1 aromatic rings. The maximum atomic E-state index is 5.46. The number of likely N-dealkylation sites (tertiary alicyclic amines) is 1. The minimum Gasteiger partial charge on any atom is -0.496 e. The molecule has 0 spiro atoms. The summed E-state index contributed by atoms with van der Waals surface area (Å²) in [6.07, 6.45) is 4.36. The lowest BCUT2D eigenvalue weighted by atomic mass is 10.1. The van der Waals surface area contributed by atoms with Crippen LogP contribution in [-0.4, -0.2) is 42.6 Å². The number of aromatic nitrogens is 1. The Kier molecular flexibility index (Phi) is 7.92. The molecule has 6 heteroatoms. The van der Waals surface area contributed by atoms with E-state index in [4.69, 9.17) is 9.73 Å². The molecule has 0 atom stereocenters. The van der Waals surface area contributed by atoms with Gasteiger partial charge in [0.25, 0.3) is 0 Å². The molecule has 1 saturated heterocycles. The molecule has 2 heterocycles. The summed E-state index contributed by atoms with van der Waals surface area (Å²) in [7, 11) is 1.71. The van der Waals surface area contributed by atoms with Gasteiger partial charge in [-0.05, 0) is 33.6 Å². The lowest BCUT2D eigenvalue weighted by Gasteiger charge is -2.21. The summed E-state index contributed by atoms with van der Waals surface area (Å²) in [5.41, 5.74) is 3.12. The molecule has 0 aromatic carbocycles. The van der Waals surface area contributed by atoms with Crippen LogP contribution in [0, 0.1) is 13.8 Å². The minimum atomic E-state index is 0. The zero-order valence-electron chi connectivity index (χ0n) is 14.0. The van der Waals surface area contributed by atoms with Crippen LogP contribution in [0.5, 0.6) is 5.75 Å². The number of hydrogen-bond acceptors (Lipinski definition) is 3. The summed E-state index contributed by atoms with van der Waals surface area (Å²) >= 11 is 0. The number of halogens is 1. The van der Waals surface area contributed by atoms with Crippen molar-refractivity contribution < 1.29 is 4.74 Å². The minimum absolute atomic E-state index is 0. The van der Waals surface area contributed by atoms with Crippen molar-refractivity contribution in [3.05, 3.63) is 23.0 Å². The topological polar surface area (TPSA) is 49.8 Å². The molecular weight excluding hydrogens is 391 g/mol. The van der Waals surface area contributed by atoms with E-state index in [0.29, 0.717) is 6.54 Å². The third-order valence-corrected chi connectivity index (χ3v) is 3.87. The molecule has 1 aliphatic heterocycles. The Morgan fingerprint density at radius 3 is 2.64 bits per heavy atom. The van der Waals surface area contributed by atoms with Crippen molar-refractivity contribution in [3.8, 4) is 5.75 Å². The number of hydrogen-bond donors (Lipinski definition) is 1. The highest BCUT2D eigenvalue weighted by molar-refractivity contribution is 14.0. The number of ether oxygens (including phenoxy) is 1. The number of methoxy groups -OCH3 is 1. The fourth-order valence-electron chi connectivity index (χ4n) is 2.74. The maximum absolute atomic E-state index is 5.46. The fourth-order valence-corrected chi connectivity index (χ4v) is 2.74. The van der Waals surface area contributed by atoms with Gasteiger partial charge in [0.05, 0.1) is 19.3 Å². The lowest BCUT2D eigenvalue weighted by molar-refractivity contribution is 0.407. The first-order chi connectivity index (χ1) is 10.2. The summed E-state index contributed by atoms with van der Waals surface area (Å²) in [4.78, 5) is 11.6. The van der Waals surface area contributed by atoms with Crippen LogP contribution in [-0.2, 0) is 6.54 Å². The van der Waals surface area contributed by atoms with Gasteiger partial charge in [0.1, 0.15) is 5.75 Å². The van der Waals surface area contributed by atoms with Crippen LogP contribution >= 0.6 is 24.0 Å². The molecular formula is C16H27IN4O. The third kappa shape index (κ3) is 4.47. The van der Waals surface area contributed by atoms with E-state index < -0.39 is 0 Å². The SMILES string of the molecule is CCNC(=NCc1ncc(C)c(OC)c1C)N1CCCC1.I. The number of rotatable bonds is 4. The third-order valence-electron chi connectivity index (χ3n) is 3.87. The van der Waals surface area contributed by atoms with Crippen molar-refractivity contribution in [3.63, 3.8) is 0 Å². The molecule has 0 saturated carbocycles.